The Balaban J connectivity index is 2.77. The van der Waals surface area contributed by atoms with E-state index in [1.54, 1.807) is 6.07 Å². The molecule has 0 bridgehead atoms. The van der Waals surface area contributed by atoms with Crippen LogP contribution in [0, 0.1) is 5.92 Å². The quantitative estimate of drug-likeness (QED) is 0.768. The fourth-order valence-electron chi connectivity index (χ4n) is 1.41. The van der Waals surface area contributed by atoms with Gasteiger partial charge in [0.05, 0.1) is 4.90 Å². The summed E-state index contributed by atoms with van der Waals surface area (Å²) in [6.07, 6.45) is 3.42. The highest BCUT2D eigenvalue weighted by molar-refractivity contribution is 7.89. The first kappa shape index (κ1) is 15.9. The predicted octanol–water partition coefficient (Wildman–Crippen LogP) is 2.23. The topological polar surface area (TPSA) is 71.1 Å². The first-order chi connectivity index (χ1) is 8.99. The summed E-state index contributed by atoms with van der Waals surface area (Å²) in [5, 5.41) is 3.08. The highest BCUT2D eigenvalue weighted by atomic mass is 32.2. The number of rotatable bonds is 8. The highest BCUT2D eigenvalue weighted by Gasteiger charge is 2.15. The number of aromatic nitrogens is 1. The lowest BCUT2D eigenvalue weighted by Gasteiger charge is -2.11. The molecule has 108 valence electrons. The van der Waals surface area contributed by atoms with Crippen LogP contribution in [0.5, 0.6) is 0 Å². The Morgan fingerprint density at radius 3 is 2.74 bits per heavy atom. The molecule has 0 aromatic carbocycles. The van der Waals surface area contributed by atoms with Crippen LogP contribution in [-0.4, -0.2) is 26.5 Å². The molecule has 1 unspecified atom stereocenters. The van der Waals surface area contributed by atoms with Crippen LogP contribution in [0.1, 0.15) is 33.6 Å². The molecule has 19 heavy (non-hydrogen) atoms. The molecular weight excluding hydrogens is 262 g/mol. The Bertz CT molecular complexity index is 488. The minimum Gasteiger partial charge on any atom is -0.370 e. The fraction of sp³-hybridized carbons (Fsp3) is 0.615. The van der Waals surface area contributed by atoms with E-state index in [4.69, 9.17) is 0 Å². The maximum Gasteiger partial charge on any atom is 0.240 e. The molecule has 0 aliphatic carbocycles. The summed E-state index contributed by atoms with van der Waals surface area (Å²) in [6, 6.07) is 3.07. The molecule has 1 atom stereocenters. The number of hydrogen-bond donors (Lipinski definition) is 2. The van der Waals surface area contributed by atoms with Gasteiger partial charge in [0.15, 0.2) is 0 Å². The van der Waals surface area contributed by atoms with Crippen molar-refractivity contribution < 1.29 is 8.42 Å². The normalized spacial score (nSPS) is 13.2. The molecular formula is C13H23N3O2S. The Kier molecular flexibility index (Phi) is 6.24. The summed E-state index contributed by atoms with van der Waals surface area (Å²) >= 11 is 0. The van der Waals surface area contributed by atoms with Crippen LogP contribution in [0.3, 0.4) is 0 Å². The van der Waals surface area contributed by atoms with Crippen molar-refractivity contribution in [2.24, 2.45) is 5.92 Å². The number of hydrogen-bond acceptors (Lipinski definition) is 4. The highest BCUT2D eigenvalue weighted by Crippen LogP contribution is 2.13. The molecule has 0 aliphatic rings. The summed E-state index contributed by atoms with van der Waals surface area (Å²) in [7, 11) is -3.44. The smallest absolute Gasteiger partial charge is 0.240 e. The Labute approximate surface area is 115 Å². The minimum absolute atomic E-state index is 0.254. The molecule has 1 aromatic heterocycles. The van der Waals surface area contributed by atoms with Gasteiger partial charge in [-0.05, 0) is 18.4 Å². The fourth-order valence-corrected chi connectivity index (χ4v) is 2.59. The van der Waals surface area contributed by atoms with E-state index in [1.165, 1.54) is 12.3 Å². The second kappa shape index (κ2) is 7.45. The van der Waals surface area contributed by atoms with Gasteiger partial charge in [-0.25, -0.2) is 18.1 Å². The van der Waals surface area contributed by atoms with E-state index >= 15 is 0 Å². The van der Waals surface area contributed by atoms with Gasteiger partial charge in [0, 0.05) is 25.4 Å². The zero-order valence-electron chi connectivity index (χ0n) is 11.8. The van der Waals surface area contributed by atoms with E-state index in [-0.39, 0.29) is 4.90 Å². The minimum atomic E-state index is -3.44. The van der Waals surface area contributed by atoms with E-state index in [9.17, 15) is 8.42 Å². The van der Waals surface area contributed by atoms with Gasteiger partial charge in [0.1, 0.15) is 5.82 Å². The van der Waals surface area contributed by atoms with Gasteiger partial charge >= 0.3 is 0 Å². The maximum atomic E-state index is 12.1. The van der Waals surface area contributed by atoms with E-state index in [0.29, 0.717) is 18.3 Å². The summed E-state index contributed by atoms with van der Waals surface area (Å²) < 4.78 is 26.8. The summed E-state index contributed by atoms with van der Waals surface area (Å²) in [6.45, 7) is 7.33. The molecule has 0 aliphatic heterocycles. The van der Waals surface area contributed by atoms with Crippen molar-refractivity contribution in [2.75, 3.05) is 18.4 Å². The van der Waals surface area contributed by atoms with E-state index in [1.807, 2.05) is 20.8 Å². The lowest BCUT2D eigenvalue weighted by molar-refractivity contribution is 0.528. The third-order valence-corrected chi connectivity index (χ3v) is 4.34. The van der Waals surface area contributed by atoms with Gasteiger partial charge < -0.3 is 5.32 Å². The van der Waals surface area contributed by atoms with Gasteiger partial charge in [-0.2, -0.15) is 0 Å². The first-order valence-corrected chi connectivity index (χ1v) is 8.17. The third-order valence-electron chi connectivity index (χ3n) is 2.92. The summed E-state index contributed by atoms with van der Waals surface area (Å²) in [5.41, 5.74) is 0. The molecule has 6 heteroatoms. The molecule has 0 saturated heterocycles. The number of anilines is 1. The molecule has 1 rings (SSSR count). The van der Waals surface area contributed by atoms with Crippen molar-refractivity contribution in [1.29, 1.82) is 0 Å². The van der Waals surface area contributed by atoms with Gasteiger partial charge in [-0.3, -0.25) is 0 Å². The lowest BCUT2D eigenvalue weighted by Crippen LogP contribution is -2.28. The zero-order valence-corrected chi connectivity index (χ0v) is 12.6. The van der Waals surface area contributed by atoms with Gasteiger partial charge in [0.2, 0.25) is 10.0 Å². The van der Waals surface area contributed by atoms with Crippen molar-refractivity contribution in [3.05, 3.63) is 18.3 Å². The predicted molar refractivity (Wildman–Crippen MR) is 77.7 cm³/mol. The molecule has 0 saturated carbocycles. The first-order valence-electron chi connectivity index (χ1n) is 6.69. The molecule has 1 heterocycles. The molecule has 2 N–H and O–H groups in total. The zero-order chi connectivity index (χ0) is 14.3. The van der Waals surface area contributed by atoms with Crippen molar-refractivity contribution in [2.45, 2.75) is 38.5 Å². The van der Waals surface area contributed by atoms with Crippen LogP contribution in [-0.2, 0) is 10.0 Å². The van der Waals surface area contributed by atoms with Crippen molar-refractivity contribution in [3.8, 4) is 0 Å². The van der Waals surface area contributed by atoms with Crippen LogP contribution >= 0.6 is 0 Å². The molecule has 1 aromatic rings. The largest absolute Gasteiger partial charge is 0.370 e. The molecule has 0 fully saturated rings. The van der Waals surface area contributed by atoms with Crippen LogP contribution in [0.25, 0.3) is 0 Å². The molecule has 0 spiro atoms. The number of pyridine rings is 1. The van der Waals surface area contributed by atoms with Crippen LogP contribution in [0.2, 0.25) is 0 Å². The van der Waals surface area contributed by atoms with E-state index < -0.39 is 10.0 Å². The second-order valence-electron chi connectivity index (χ2n) is 4.67. The summed E-state index contributed by atoms with van der Waals surface area (Å²) in [5.74, 6) is 0.919. The van der Waals surface area contributed by atoms with Crippen LogP contribution in [0.15, 0.2) is 23.2 Å². The standard InChI is InChI=1S/C13H23N3O2S/c1-4-7-14-13-9-12(6-8-15-13)19(17,18)16-10-11(3)5-2/h6,8-9,11,16H,4-5,7,10H2,1-3H3,(H,14,15). The van der Waals surface area contributed by atoms with Crippen molar-refractivity contribution >= 4 is 15.8 Å². The molecule has 5 nitrogen and oxygen atoms in total. The number of nitrogens with zero attached hydrogens (tertiary/aromatic N) is 1. The van der Waals surface area contributed by atoms with Crippen LogP contribution < -0.4 is 10.0 Å². The summed E-state index contributed by atoms with van der Waals surface area (Å²) in [4.78, 5) is 4.35. The maximum absolute atomic E-state index is 12.1. The third kappa shape index (κ3) is 5.16. The number of nitrogens with one attached hydrogen (secondary N) is 2. The van der Waals surface area contributed by atoms with Crippen LogP contribution in [0.4, 0.5) is 5.82 Å². The monoisotopic (exact) mass is 285 g/mol. The van der Waals surface area contributed by atoms with Crippen molar-refractivity contribution in [1.82, 2.24) is 9.71 Å². The average molecular weight is 285 g/mol. The average Bonchev–Trinajstić information content (AvgIpc) is 2.43. The Morgan fingerprint density at radius 2 is 2.11 bits per heavy atom. The second-order valence-corrected chi connectivity index (χ2v) is 6.44. The van der Waals surface area contributed by atoms with Gasteiger partial charge in [-0.1, -0.05) is 27.2 Å². The van der Waals surface area contributed by atoms with Gasteiger partial charge in [0.25, 0.3) is 0 Å². The number of sulfonamides is 1. The van der Waals surface area contributed by atoms with Gasteiger partial charge in [-0.15, -0.1) is 0 Å². The van der Waals surface area contributed by atoms with E-state index in [2.05, 4.69) is 15.0 Å². The Morgan fingerprint density at radius 1 is 1.37 bits per heavy atom. The lowest BCUT2D eigenvalue weighted by atomic mass is 10.1. The van der Waals surface area contributed by atoms with Crippen molar-refractivity contribution in [3.63, 3.8) is 0 Å². The molecule has 0 amide bonds. The van der Waals surface area contributed by atoms with E-state index in [0.717, 1.165) is 19.4 Å². The molecule has 0 radical (unpaired) electrons. The Hall–Kier alpha value is -1.14. The SMILES string of the molecule is CCCNc1cc(S(=O)(=O)NCC(C)CC)ccn1.